The summed E-state index contributed by atoms with van der Waals surface area (Å²) in [6.45, 7) is 25.9. The average Bonchev–Trinajstić information content (AvgIpc) is 4.11. The van der Waals surface area contributed by atoms with Gasteiger partial charge in [0.15, 0.2) is 11.6 Å². The zero-order valence-corrected chi connectivity index (χ0v) is 40.1. The lowest BCUT2D eigenvalue weighted by Crippen LogP contribution is -2.44. The molecule has 0 fully saturated rings. The normalized spacial score (nSPS) is 13.5. The molecule has 4 aromatic heterocycles. The number of hydrogen-bond acceptors (Lipinski definition) is 11. The van der Waals surface area contributed by atoms with Gasteiger partial charge in [0.1, 0.15) is 46.1 Å². The van der Waals surface area contributed by atoms with Crippen LogP contribution in [-0.2, 0) is 0 Å². The lowest BCUT2D eigenvalue weighted by Gasteiger charge is -2.18. The quantitative estimate of drug-likeness (QED) is 0.0855. The van der Waals surface area contributed by atoms with Gasteiger partial charge in [-0.2, -0.15) is 5.26 Å². The molecule has 0 spiro atoms. The van der Waals surface area contributed by atoms with Gasteiger partial charge in [-0.15, -0.1) is 0 Å². The van der Waals surface area contributed by atoms with Crippen LogP contribution in [0.5, 0.6) is 34.5 Å². The Morgan fingerprint density at radius 1 is 0.586 bits per heavy atom. The van der Waals surface area contributed by atoms with Crippen molar-refractivity contribution in [3.8, 4) is 63.1 Å². The van der Waals surface area contributed by atoms with Gasteiger partial charge in [0.25, 0.3) is 5.70 Å². The lowest BCUT2D eigenvalue weighted by molar-refractivity contribution is 0.271. The molecule has 0 radical (unpaired) electrons. The summed E-state index contributed by atoms with van der Waals surface area (Å²) in [7, 11) is -2.39. The summed E-state index contributed by atoms with van der Waals surface area (Å²) in [6.07, 6.45) is 0. The minimum atomic E-state index is -1.20. The van der Waals surface area contributed by atoms with Gasteiger partial charge in [-0.3, -0.25) is 0 Å². The van der Waals surface area contributed by atoms with E-state index in [0.29, 0.717) is 114 Å². The third-order valence-corrected chi connectivity index (χ3v) is 11.7. The molecule has 346 valence electrons. The van der Waals surface area contributed by atoms with Gasteiger partial charge in [0.05, 0.1) is 41.9 Å². The summed E-state index contributed by atoms with van der Waals surface area (Å²) in [6, 6.07) is 36.6. The maximum Gasteiger partial charge on any atom is 0.743 e. The van der Waals surface area contributed by atoms with Crippen molar-refractivity contribution < 1.29 is 28.1 Å². The molecule has 6 heterocycles. The smallest absolute Gasteiger partial charge is 0.503 e. The molecule has 2 aliphatic rings. The third kappa shape index (κ3) is 8.42. The predicted molar refractivity (Wildman–Crippen MR) is 269 cm³/mol. The average molecular weight is 927 g/mol. The van der Waals surface area contributed by atoms with Gasteiger partial charge < -0.3 is 37.0 Å². The monoisotopic (exact) mass is 926 g/mol. The SMILES string of the molecule is [C-]#[N+]/C(c1nc(C)cc(C)n1)=c1\c2c(-c3cccc(OCC(C)C)c3)n(B3Oc4ccccc4O3)/c(=C(/C#N)c3nc(C)cc(C)n3)c2c(-c2cccc(OCC(C)C)c2)n1B1Oc2ccccc2O1. The number of nitrogens with zero attached hydrogens (tertiary/aromatic N) is 8. The van der Waals surface area contributed by atoms with Crippen molar-refractivity contribution in [2.24, 2.45) is 11.8 Å². The van der Waals surface area contributed by atoms with E-state index in [1.54, 1.807) is 0 Å². The zero-order chi connectivity index (χ0) is 48.8. The molecular weight excluding hydrogens is 878 g/mol. The van der Waals surface area contributed by atoms with Crippen LogP contribution in [0.3, 0.4) is 0 Å². The summed E-state index contributed by atoms with van der Waals surface area (Å²) in [5, 5.41) is 13.5. The molecule has 0 saturated carbocycles. The van der Waals surface area contributed by atoms with Crippen molar-refractivity contribution in [1.82, 2.24) is 28.9 Å². The maximum atomic E-state index is 11.8. The van der Waals surface area contributed by atoms with E-state index in [0.717, 1.165) is 0 Å². The highest BCUT2D eigenvalue weighted by Gasteiger charge is 2.45. The van der Waals surface area contributed by atoms with Crippen molar-refractivity contribution in [3.63, 3.8) is 0 Å². The third-order valence-electron chi connectivity index (χ3n) is 11.7. The van der Waals surface area contributed by atoms with Crippen molar-refractivity contribution in [2.75, 3.05) is 13.2 Å². The van der Waals surface area contributed by atoms with Crippen LogP contribution >= 0.6 is 0 Å². The summed E-state index contributed by atoms with van der Waals surface area (Å²) in [5.74, 6) is 4.06. The highest BCUT2D eigenvalue weighted by atomic mass is 16.6. The molecule has 4 aromatic carbocycles. The first-order valence-electron chi connectivity index (χ1n) is 23.2. The fourth-order valence-electron chi connectivity index (χ4n) is 8.93. The molecule has 2 aliphatic heterocycles. The van der Waals surface area contributed by atoms with Crippen molar-refractivity contribution in [2.45, 2.75) is 55.4 Å². The molecule has 0 atom stereocenters. The summed E-state index contributed by atoms with van der Waals surface area (Å²) in [5.41, 5.74) is 5.19. The van der Waals surface area contributed by atoms with Crippen LogP contribution < -0.4 is 38.8 Å². The number of aromatic nitrogens is 6. The first-order valence-corrected chi connectivity index (χ1v) is 23.2. The summed E-state index contributed by atoms with van der Waals surface area (Å²) in [4.78, 5) is 24.0. The van der Waals surface area contributed by atoms with Crippen molar-refractivity contribution >= 4 is 36.5 Å². The van der Waals surface area contributed by atoms with Crippen LogP contribution in [0, 0.1) is 57.4 Å². The van der Waals surface area contributed by atoms with Crippen LogP contribution in [0.25, 0.3) is 49.4 Å². The topological polar surface area (TPSA) is 145 Å². The van der Waals surface area contributed by atoms with E-state index >= 15 is 0 Å². The number of nitriles is 1. The van der Waals surface area contributed by atoms with E-state index in [4.69, 9.17) is 54.6 Å². The van der Waals surface area contributed by atoms with Gasteiger partial charge in [0, 0.05) is 44.7 Å². The molecule has 0 unspecified atom stereocenters. The standard InChI is InChI=1S/C54H48B2N8O6/c1-31(2)29-65-39-18-14-16-37(26-39)49-46-47(52(48(58-9)54-61-35(7)25-36(8)62-54)64(49)56-69-44-22-12-13-23-45(44)70-56)50(38-17-15-19-40(27-38)66-30-32(3)4)63(55-67-42-20-10-11-21-43(42)68-55)51(46)41(28-57)53-59-33(5)24-34(6)60-53/h10-27,31-32H,29-30H2,1-8H3/b51-41-,52-48+. The van der Waals surface area contributed by atoms with Crippen LogP contribution in [0.4, 0.5) is 0 Å². The number of benzene rings is 4. The van der Waals surface area contributed by atoms with E-state index in [1.165, 1.54) is 0 Å². The van der Waals surface area contributed by atoms with Crippen LogP contribution in [0.1, 0.15) is 62.1 Å². The number of para-hydroxylation sites is 4. The van der Waals surface area contributed by atoms with Crippen LogP contribution in [0.2, 0.25) is 0 Å². The van der Waals surface area contributed by atoms with Crippen molar-refractivity contribution in [1.29, 1.82) is 5.26 Å². The molecule has 10 rings (SSSR count). The Balaban J connectivity index is 1.50. The number of hydrogen-bond donors (Lipinski definition) is 0. The van der Waals surface area contributed by atoms with Crippen LogP contribution in [0.15, 0.2) is 109 Å². The van der Waals surface area contributed by atoms with Crippen molar-refractivity contribution in [3.05, 3.63) is 166 Å². The molecule has 8 aromatic rings. The lowest BCUT2D eigenvalue weighted by atomic mass is 10.0. The Bertz CT molecular complexity index is 3270. The van der Waals surface area contributed by atoms with Gasteiger partial charge in [-0.1, -0.05) is 76.2 Å². The number of aryl methyl sites for hydroxylation is 4. The first-order chi connectivity index (χ1) is 33.9. The second kappa shape index (κ2) is 18.5. The van der Waals surface area contributed by atoms with E-state index in [1.807, 2.05) is 146 Å². The molecule has 0 aliphatic carbocycles. The second-order valence-corrected chi connectivity index (χ2v) is 18.2. The maximum absolute atomic E-state index is 11.8. The highest BCUT2D eigenvalue weighted by molar-refractivity contribution is 6.49. The zero-order valence-electron chi connectivity index (χ0n) is 40.1. The fraction of sp³-hybridized carbons (Fsp3) is 0.222. The molecule has 0 amide bonds. The minimum absolute atomic E-state index is 0.0910. The molecule has 70 heavy (non-hydrogen) atoms. The predicted octanol–water partition coefficient (Wildman–Crippen LogP) is 9.07. The fourth-order valence-corrected chi connectivity index (χ4v) is 8.93. The Kier molecular flexibility index (Phi) is 12.0. The summed E-state index contributed by atoms with van der Waals surface area (Å²) < 4.78 is 43.7. The van der Waals surface area contributed by atoms with Gasteiger partial charge in [-0.25, -0.2) is 24.8 Å². The number of rotatable bonds is 12. The molecule has 14 nitrogen and oxygen atoms in total. The first kappa shape index (κ1) is 45.3. The van der Waals surface area contributed by atoms with E-state index in [2.05, 4.69) is 38.6 Å². The molecule has 0 bridgehead atoms. The summed E-state index contributed by atoms with van der Waals surface area (Å²) >= 11 is 0. The van der Waals surface area contributed by atoms with Gasteiger partial charge >= 0.3 is 14.5 Å². The Morgan fingerprint density at radius 2 is 0.986 bits per heavy atom. The van der Waals surface area contributed by atoms with E-state index in [9.17, 15) is 5.26 Å². The van der Waals surface area contributed by atoms with E-state index in [-0.39, 0.29) is 34.8 Å². The Hall–Kier alpha value is -8.49. The molecule has 0 saturated heterocycles. The van der Waals surface area contributed by atoms with Gasteiger partial charge in [-0.05, 0) is 100 Å². The molecular formula is C54H48B2N8O6. The Morgan fingerprint density at radius 3 is 1.39 bits per heavy atom. The van der Waals surface area contributed by atoms with Gasteiger partial charge in [0.2, 0.25) is 0 Å². The number of ether oxygens (including phenoxy) is 2. The molecule has 0 N–H and O–H groups in total. The second-order valence-electron chi connectivity index (χ2n) is 18.2. The minimum Gasteiger partial charge on any atom is -0.503 e. The number of fused-ring (bicyclic) bond motifs is 3. The molecule has 16 heteroatoms. The highest BCUT2D eigenvalue weighted by Crippen LogP contribution is 2.42. The largest absolute Gasteiger partial charge is 0.743 e. The van der Waals surface area contributed by atoms with E-state index < -0.39 is 14.5 Å². The Labute approximate surface area is 406 Å². The van der Waals surface area contributed by atoms with Crippen LogP contribution in [-0.4, -0.2) is 56.6 Å².